The molecule has 27 heavy (non-hydrogen) atoms. The van der Waals surface area contributed by atoms with Crippen LogP contribution < -0.4 is 10.1 Å². The zero-order chi connectivity index (χ0) is 19.4. The van der Waals surface area contributed by atoms with Gasteiger partial charge in [0.25, 0.3) is 0 Å². The van der Waals surface area contributed by atoms with Gasteiger partial charge in [-0.1, -0.05) is 23.7 Å². The Morgan fingerprint density at radius 3 is 2.70 bits per heavy atom. The summed E-state index contributed by atoms with van der Waals surface area (Å²) in [4.78, 5) is 12.3. The molecule has 0 radical (unpaired) electrons. The molecule has 140 valence electrons. The minimum atomic E-state index is -0.0507. The fraction of sp³-hybridized carbons (Fsp3) is 0.238. The first kappa shape index (κ1) is 19.0. The third-order valence-corrected chi connectivity index (χ3v) is 4.68. The first-order valence-electron chi connectivity index (χ1n) is 8.73. The van der Waals surface area contributed by atoms with Crippen molar-refractivity contribution < 1.29 is 9.53 Å². The van der Waals surface area contributed by atoms with Crippen LogP contribution in [0.5, 0.6) is 5.75 Å². The number of aryl methyl sites for hydroxylation is 1. The molecule has 0 aliphatic carbocycles. The SMILES string of the molecule is COc1cccc(-n2nc(C)c(CCC(=O)Nc3cccc(Cl)c3)c2C)c1. The Kier molecular flexibility index (Phi) is 5.81. The lowest BCUT2D eigenvalue weighted by Crippen LogP contribution is -2.12. The average Bonchev–Trinajstić information content (AvgIpc) is 2.94. The van der Waals surface area contributed by atoms with Crippen LogP contribution in [0.25, 0.3) is 5.69 Å². The molecule has 0 saturated heterocycles. The lowest BCUT2D eigenvalue weighted by molar-refractivity contribution is -0.116. The second-order valence-electron chi connectivity index (χ2n) is 6.32. The minimum Gasteiger partial charge on any atom is -0.497 e. The predicted octanol–water partition coefficient (Wildman–Crippen LogP) is 4.72. The lowest BCUT2D eigenvalue weighted by atomic mass is 10.1. The van der Waals surface area contributed by atoms with Gasteiger partial charge in [-0.3, -0.25) is 4.79 Å². The van der Waals surface area contributed by atoms with E-state index in [0.29, 0.717) is 23.6 Å². The fourth-order valence-corrected chi connectivity index (χ4v) is 3.25. The quantitative estimate of drug-likeness (QED) is 0.669. The Labute approximate surface area is 163 Å². The maximum absolute atomic E-state index is 12.3. The van der Waals surface area contributed by atoms with Crippen LogP contribution in [0.15, 0.2) is 48.5 Å². The number of ether oxygens (including phenoxy) is 1. The van der Waals surface area contributed by atoms with Gasteiger partial charge in [0.1, 0.15) is 5.75 Å². The normalized spacial score (nSPS) is 10.7. The Morgan fingerprint density at radius 1 is 1.19 bits per heavy atom. The maximum atomic E-state index is 12.3. The van der Waals surface area contributed by atoms with E-state index in [4.69, 9.17) is 16.3 Å². The third kappa shape index (κ3) is 4.49. The van der Waals surface area contributed by atoms with E-state index in [1.807, 2.05) is 54.9 Å². The van der Waals surface area contributed by atoms with Crippen molar-refractivity contribution in [1.82, 2.24) is 9.78 Å². The summed E-state index contributed by atoms with van der Waals surface area (Å²) in [6.07, 6.45) is 0.992. The molecule has 5 nitrogen and oxygen atoms in total. The second-order valence-corrected chi connectivity index (χ2v) is 6.76. The van der Waals surface area contributed by atoms with Crippen LogP contribution >= 0.6 is 11.6 Å². The maximum Gasteiger partial charge on any atom is 0.224 e. The second kappa shape index (κ2) is 8.27. The van der Waals surface area contributed by atoms with E-state index in [9.17, 15) is 4.79 Å². The molecule has 0 aliphatic heterocycles. The summed E-state index contributed by atoms with van der Waals surface area (Å²) in [5.74, 6) is 0.729. The van der Waals surface area contributed by atoms with Gasteiger partial charge in [0.2, 0.25) is 5.91 Å². The minimum absolute atomic E-state index is 0.0507. The first-order chi connectivity index (χ1) is 13.0. The van der Waals surface area contributed by atoms with Crippen molar-refractivity contribution in [1.29, 1.82) is 0 Å². The van der Waals surface area contributed by atoms with Crippen molar-refractivity contribution in [3.05, 3.63) is 70.5 Å². The van der Waals surface area contributed by atoms with E-state index in [1.54, 1.807) is 19.2 Å². The van der Waals surface area contributed by atoms with Gasteiger partial charge < -0.3 is 10.1 Å². The monoisotopic (exact) mass is 383 g/mol. The molecule has 1 heterocycles. The van der Waals surface area contributed by atoms with E-state index in [2.05, 4.69) is 10.4 Å². The Bertz CT molecular complexity index is 966. The molecule has 0 aliphatic rings. The van der Waals surface area contributed by atoms with Crippen molar-refractivity contribution in [3.8, 4) is 11.4 Å². The van der Waals surface area contributed by atoms with E-state index in [1.165, 1.54) is 0 Å². The molecule has 0 atom stereocenters. The van der Waals surface area contributed by atoms with E-state index in [0.717, 1.165) is 28.4 Å². The van der Waals surface area contributed by atoms with Crippen molar-refractivity contribution in [2.75, 3.05) is 12.4 Å². The molecule has 6 heteroatoms. The number of halogens is 1. The Morgan fingerprint density at radius 2 is 1.96 bits per heavy atom. The van der Waals surface area contributed by atoms with Gasteiger partial charge in [0, 0.05) is 28.9 Å². The van der Waals surface area contributed by atoms with Crippen molar-refractivity contribution >= 4 is 23.2 Å². The lowest BCUT2D eigenvalue weighted by Gasteiger charge is -2.08. The summed E-state index contributed by atoms with van der Waals surface area (Å²) < 4.78 is 7.18. The Hall–Kier alpha value is -2.79. The molecule has 0 unspecified atom stereocenters. The zero-order valence-corrected chi connectivity index (χ0v) is 16.4. The molecule has 3 rings (SSSR count). The summed E-state index contributed by atoms with van der Waals surface area (Å²) in [5.41, 5.74) is 4.67. The predicted molar refractivity (Wildman–Crippen MR) is 108 cm³/mol. The number of nitrogens with one attached hydrogen (secondary N) is 1. The number of amides is 1. The molecule has 1 aromatic heterocycles. The van der Waals surface area contributed by atoms with Crippen molar-refractivity contribution in [2.24, 2.45) is 0 Å². The average molecular weight is 384 g/mol. The van der Waals surface area contributed by atoms with Gasteiger partial charge in [-0.2, -0.15) is 5.10 Å². The molecule has 2 aromatic carbocycles. The number of nitrogens with zero attached hydrogens (tertiary/aromatic N) is 2. The van der Waals surface area contributed by atoms with Gasteiger partial charge in [0.15, 0.2) is 0 Å². The van der Waals surface area contributed by atoms with Gasteiger partial charge in [-0.05, 0) is 56.2 Å². The van der Waals surface area contributed by atoms with E-state index < -0.39 is 0 Å². The molecule has 3 aromatic rings. The molecule has 1 amide bonds. The summed E-state index contributed by atoms with van der Waals surface area (Å²) in [7, 11) is 1.64. The largest absolute Gasteiger partial charge is 0.497 e. The highest BCUT2D eigenvalue weighted by atomic mass is 35.5. The molecule has 0 spiro atoms. The van der Waals surface area contributed by atoms with Crippen molar-refractivity contribution in [3.63, 3.8) is 0 Å². The molecule has 0 saturated carbocycles. The van der Waals surface area contributed by atoms with Gasteiger partial charge in [0.05, 0.1) is 18.5 Å². The third-order valence-electron chi connectivity index (χ3n) is 4.45. The van der Waals surface area contributed by atoms with Crippen LogP contribution in [0, 0.1) is 13.8 Å². The molecular weight excluding hydrogens is 362 g/mol. The standard InChI is InChI=1S/C21H22ClN3O2/c1-14-20(10-11-21(26)23-17-7-4-6-16(22)12-17)15(2)25(24-14)18-8-5-9-19(13-18)27-3/h4-9,12-13H,10-11H2,1-3H3,(H,23,26). The zero-order valence-electron chi connectivity index (χ0n) is 15.6. The number of hydrogen-bond donors (Lipinski definition) is 1. The molecule has 1 N–H and O–H groups in total. The van der Waals surface area contributed by atoms with E-state index in [-0.39, 0.29) is 5.91 Å². The molecule has 0 fully saturated rings. The number of anilines is 1. The highest BCUT2D eigenvalue weighted by Crippen LogP contribution is 2.22. The highest BCUT2D eigenvalue weighted by molar-refractivity contribution is 6.30. The van der Waals surface area contributed by atoms with Crippen LogP contribution in [0.1, 0.15) is 23.4 Å². The first-order valence-corrected chi connectivity index (χ1v) is 9.10. The molecule has 0 bridgehead atoms. The summed E-state index contributed by atoms with van der Waals surface area (Å²) in [6, 6.07) is 14.9. The summed E-state index contributed by atoms with van der Waals surface area (Å²) in [5, 5.41) is 8.12. The number of carbonyl (C=O) groups is 1. The van der Waals surface area contributed by atoms with Crippen LogP contribution in [-0.2, 0) is 11.2 Å². The Balaban J connectivity index is 1.72. The number of carbonyl (C=O) groups excluding carboxylic acids is 1. The number of rotatable bonds is 6. The smallest absolute Gasteiger partial charge is 0.224 e. The number of hydrogen-bond acceptors (Lipinski definition) is 3. The summed E-state index contributed by atoms with van der Waals surface area (Å²) >= 11 is 5.95. The van der Waals surface area contributed by atoms with Gasteiger partial charge in [-0.15, -0.1) is 0 Å². The number of methoxy groups -OCH3 is 1. The number of aromatic nitrogens is 2. The fourth-order valence-electron chi connectivity index (χ4n) is 3.06. The van der Waals surface area contributed by atoms with Gasteiger partial charge in [-0.25, -0.2) is 4.68 Å². The van der Waals surface area contributed by atoms with Crippen LogP contribution in [-0.4, -0.2) is 22.8 Å². The topological polar surface area (TPSA) is 56.2 Å². The van der Waals surface area contributed by atoms with Gasteiger partial charge >= 0.3 is 0 Å². The number of benzene rings is 2. The van der Waals surface area contributed by atoms with Crippen LogP contribution in [0.4, 0.5) is 5.69 Å². The van der Waals surface area contributed by atoms with E-state index >= 15 is 0 Å². The molecular formula is C21H22ClN3O2. The highest BCUT2D eigenvalue weighted by Gasteiger charge is 2.14. The van der Waals surface area contributed by atoms with Crippen molar-refractivity contribution in [2.45, 2.75) is 26.7 Å². The van der Waals surface area contributed by atoms with Crippen LogP contribution in [0.3, 0.4) is 0 Å². The summed E-state index contributed by atoms with van der Waals surface area (Å²) in [6.45, 7) is 3.98. The van der Waals surface area contributed by atoms with Crippen LogP contribution in [0.2, 0.25) is 5.02 Å².